The molecule has 0 fully saturated rings. The van der Waals surface area contributed by atoms with Crippen LogP contribution in [0.2, 0.25) is 0 Å². The van der Waals surface area contributed by atoms with Crippen molar-refractivity contribution in [2.24, 2.45) is 0 Å². The maximum Gasteiger partial charge on any atom is 0.408 e. The van der Waals surface area contributed by atoms with E-state index in [1.807, 2.05) is 0 Å². The smallest absolute Gasteiger partial charge is 0.408 e. The summed E-state index contributed by atoms with van der Waals surface area (Å²) in [6.45, 7) is 5.60. The Bertz CT molecular complexity index is 1250. The lowest BCUT2D eigenvalue weighted by molar-refractivity contribution is -0.143. The number of carbonyl (C=O) groups excluding carboxylic acids is 2. The molecule has 1 heterocycles. The minimum absolute atomic E-state index is 0.117. The highest BCUT2D eigenvalue weighted by Crippen LogP contribution is 2.32. The van der Waals surface area contributed by atoms with Crippen molar-refractivity contribution >= 4 is 22.1 Å². The molecule has 11 heteroatoms. The van der Waals surface area contributed by atoms with Crippen molar-refractivity contribution in [3.63, 3.8) is 0 Å². The molecule has 2 aromatic rings. The van der Waals surface area contributed by atoms with Gasteiger partial charge in [0.05, 0.1) is 26.2 Å². The van der Waals surface area contributed by atoms with Gasteiger partial charge in [-0.15, -0.1) is 0 Å². The zero-order chi connectivity index (χ0) is 27.4. The van der Waals surface area contributed by atoms with E-state index < -0.39 is 33.7 Å². The molecule has 0 aliphatic carbocycles. The standard InChI is InChI=1S/C26H34N2O8S/c1-26(2,3)36-25(30)27-21(24(29)35-6)14-17-7-10-23-18(13-17)11-12-28(37(23,31)32)16-19-8-9-20(33-4)15-22(19)34-5/h7-10,13,15,21H,11-12,14,16H2,1-6H3,(H,27,30)/t21-/m1/s1. The molecule has 3 rings (SSSR count). The number of nitrogens with zero attached hydrogens (tertiary/aromatic N) is 1. The Morgan fingerprint density at radius 1 is 1.05 bits per heavy atom. The number of ether oxygens (including phenoxy) is 4. The Morgan fingerprint density at radius 3 is 2.41 bits per heavy atom. The second kappa shape index (κ2) is 11.4. The summed E-state index contributed by atoms with van der Waals surface area (Å²) in [6.07, 6.45) is -0.136. The van der Waals surface area contributed by atoms with Crippen molar-refractivity contribution in [3.8, 4) is 11.5 Å². The molecule has 0 unspecified atom stereocenters. The summed E-state index contributed by atoms with van der Waals surface area (Å²) in [5, 5.41) is 2.54. The summed E-state index contributed by atoms with van der Waals surface area (Å²) < 4.78 is 49.0. The Morgan fingerprint density at radius 2 is 1.78 bits per heavy atom. The molecule has 10 nitrogen and oxygen atoms in total. The van der Waals surface area contributed by atoms with E-state index >= 15 is 0 Å². The minimum Gasteiger partial charge on any atom is -0.497 e. The molecule has 1 aliphatic heterocycles. The van der Waals surface area contributed by atoms with Crippen LogP contribution in [0.3, 0.4) is 0 Å². The highest BCUT2D eigenvalue weighted by molar-refractivity contribution is 7.89. The first-order chi connectivity index (χ1) is 17.4. The van der Waals surface area contributed by atoms with Crippen LogP contribution in [0.1, 0.15) is 37.5 Å². The van der Waals surface area contributed by atoms with Crippen LogP contribution in [0.25, 0.3) is 0 Å². The Kier molecular flexibility index (Phi) is 8.70. The van der Waals surface area contributed by atoms with E-state index in [-0.39, 0.29) is 24.4 Å². The molecule has 1 amide bonds. The van der Waals surface area contributed by atoms with Crippen molar-refractivity contribution < 1.29 is 37.0 Å². The third-order valence-corrected chi connectivity index (χ3v) is 7.78. The van der Waals surface area contributed by atoms with Gasteiger partial charge in [-0.05, 0) is 50.5 Å². The number of amides is 1. The molecule has 37 heavy (non-hydrogen) atoms. The fraction of sp³-hybridized carbons (Fsp3) is 0.462. The molecule has 0 bridgehead atoms. The topological polar surface area (TPSA) is 120 Å². The highest BCUT2D eigenvalue weighted by atomic mass is 32.2. The SMILES string of the molecule is COC(=O)[C@@H](Cc1ccc2c(c1)CCN(Cc1ccc(OC)cc1OC)S2(=O)=O)NC(=O)OC(C)(C)C. The normalized spacial score (nSPS) is 15.7. The largest absolute Gasteiger partial charge is 0.497 e. The summed E-state index contributed by atoms with van der Waals surface area (Å²) in [5.74, 6) is 0.532. The van der Waals surface area contributed by atoms with Gasteiger partial charge in [0.25, 0.3) is 0 Å². The maximum absolute atomic E-state index is 13.4. The van der Waals surface area contributed by atoms with E-state index in [1.54, 1.807) is 64.3 Å². The highest BCUT2D eigenvalue weighted by Gasteiger charge is 2.33. The van der Waals surface area contributed by atoms with Gasteiger partial charge in [-0.1, -0.05) is 18.2 Å². The monoisotopic (exact) mass is 534 g/mol. The second-order valence-corrected chi connectivity index (χ2v) is 11.5. The average Bonchev–Trinajstić information content (AvgIpc) is 2.83. The van der Waals surface area contributed by atoms with Gasteiger partial charge in [0.15, 0.2) is 0 Å². The molecule has 2 aromatic carbocycles. The number of carbonyl (C=O) groups is 2. The van der Waals surface area contributed by atoms with Crippen LogP contribution >= 0.6 is 0 Å². The third kappa shape index (κ3) is 6.92. The average molecular weight is 535 g/mol. The lowest BCUT2D eigenvalue weighted by Gasteiger charge is -2.29. The maximum atomic E-state index is 13.4. The van der Waals surface area contributed by atoms with Crippen LogP contribution in [0.15, 0.2) is 41.3 Å². The second-order valence-electron chi connectivity index (χ2n) is 9.63. The molecule has 0 spiro atoms. The summed E-state index contributed by atoms with van der Waals surface area (Å²) in [7, 11) is 0.550. The van der Waals surface area contributed by atoms with Gasteiger partial charge < -0.3 is 24.3 Å². The van der Waals surface area contributed by atoms with Gasteiger partial charge in [-0.3, -0.25) is 0 Å². The van der Waals surface area contributed by atoms with Gasteiger partial charge in [0.2, 0.25) is 10.0 Å². The van der Waals surface area contributed by atoms with E-state index in [0.717, 1.165) is 5.56 Å². The number of hydrogen-bond acceptors (Lipinski definition) is 8. The number of benzene rings is 2. The molecule has 0 radical (unpaired) electrons. The first-order valence-electron chi connectivity index (χ1n) is 11.8. The van der Waals surface area contributed by atoms with E-state index in [1.165, 1.54) is 18.5 Å². The first kappa shape index (κ1) is 28.3. The Hall–Kier alpha value is -3.31. The van der Waals surface area contributed by atoms with E-state index in [0.29, 0.717) is 29.0 Å². The number of esters is 1. The fourth-order valence-electron chi connectivity index (χ4n) is 4.07. The quantitative estimate of drug-likeness (QED) is 0.513. The lowest BCUT2D eigenvalue weighted by atomic mass is 10.0. The van der Waals surface area contributed by atoms with E-state index in [2.05, 4.69) is 5.32 Å². The lowest BCUT2D eigenvalue weighted by Crippen LogP contribution is -2.45. The molecule has 202 valence electrons. The number of alkyl carbamates (subject to hydrolysis) is 1. The molecule has 1 atom stereocenters. The van der Waals surface area contributed by atoms with E-state index in [9.17, 15) is 18.0 Å². The van der Waals surface area contributed by atoms with Crippen LogP contribution in [0.4, 0.5) is 4.79 Å². The van der Waals surface area contributed by atoms with Crippen molar-refractivity contribution in [2.75, 3.05) is 27.9 Å². The summed E-state index contributed by atoms with van der Waals surface area (Å²) >= 11 is 0. The van der Waals surface area contributed by atoms with E-state index in [4.69, 9.17) is 18.9 Å². The Labute approximate surface area is 217 Å². The minimum atomic E-state index is -3.76. The number of hydrogen-bond donors (Lipinski definition) is 1. The number of fused-ring (bicyclic) bond motifs is 1. The van der Waals surface area contributed by atoms with Gasteiger partial charge in [0, 0.05) is 31.1 Å². The van der Waals surface area contributed by atoms with Crippen LogP contribution in [0.5, 0.6) is 11.5 Å². The molecular weight excluding hydrogens is 500 g/mol. The van der Waals surface area contributed by atoms with Gasteiger partial charge in [-0.2, -0.15) is 4.31 Å². The van der Waals surface area contributed by atoms with Gasteiger partial charge in [-0.25, -0.2) is 18.0 Å². The molecule has 1 aliphatic rings. The number of nitrogens with one attached hydrogen (secondary N) is 1. The zero-order valence-corrected chi connectivity index (χ0v) is 22.8. The zero-order valence-electron chi connectivity index (χ0n) is 22.0. The Balaban J connectivity index is 1.80. The molecule has 0 saturated heterocycles. The van der Waals surface area contributed by atoms with Crippen molar-refractivity contribution in [2.45, 2.75) is 56.7 Å². The molecule has 0 aromatic heterocycles. The summed E-state index contributed by atoms with van der Waals surface area (Å²) in [6, 6.07) is 9.21. The van der Waals surface area contributed by atoms with Crippen molar-refractivity contribution in [1.29, 1.82) is 0 Å². The number of rotatable bonds is 8. The van der Waals surface area contributed by atoms with Crippen LogP contribution < -0.4 is 14.8 Å². The fourth-order valence-corrected chi connectivity index (χ4v) is 5.72. The summed E-state index contributed by atoms with van der Waals surface area (Å²) in [5.41, 5.74) is 1.33. The van der Waals surface area contributed by atoms with Gasteiger partial charge in [0.1, 0.15) is 23.1 Å². The van der Waals surface area contributed by atoms with Crippen LogP contribution in [-0.2, 0) is 43.7 Å². The number of methoxy groups -OCH3 is 3. The third-order valence-electron chi connectivity index (χ3n) is 5.83. The summed E-state index contributed by atoms with van der Waals surface area (Å²) in [4.78, 5) is 24.7. The molecule has 0 saturated carbocycles. The van der Waals surface area contributed by atoms with Crippen molar-refractivity contribution in [3.05, 3.63) is 53.1 Å². The molecular formula is C26H34N2O8S. The van der Waals surface area contributed by atoms with Crippen LogP contribution in [0, 0.1) is 0 Å². The predicted molar refractivity (Wildman–Crippen MR) is 136 cm³/mol. The molecule has 1 N–H and O–H groups in total. The van der Waals surface area contributed by atoms with Crippen molar-refractivity contribution in [1.82, 2.24) is 9.62 Å². The number of sulfonamides is 1. The predicted octanol–water partition coefficient (Wildman–Crippen LogP) is 3.06. The first-order valence-corrected chi connectivity index (χ1v) is 13.2. The van der Waals surface area contributed by atoms with Crippen LogP contribution in [-0.4, -0.2) is 64.3 Å². The van der Waals surface area contributed by atoms with Gasteiger partial charge >= 0.3 is 12.1 Å².